The van der Waals surface area contributed by atoms with Crippen LogP contribution < -0.4 is 4.90 Å². The third-order valence-corrected chi connectivity index (χ3v) is 8.64. The Morgan fingerprint density at radius 3 is 2.74 bits per heavy atom. The molecule has 1 aromatic rings. The van der Waals surface area contributed by atoms with E-state index in [1.54, 1.807) is 5.57 Å². The van der Waals surface area contributed by atoms with E-state index in [0.29, 0.717) is 29.7 Å². The van der Waals surface area contributed by atoms with Gasteiger partial charge in [0.05, 0.1) is 0 Å². The van der Waals surface area contributed by atoms with Crippen molar-refractivity contribution in [2.75, 3.05) is 4.90 Å². The number of benzene rings is 1. The summed E-state index contributed by atoms with van der Waals surface area (Å²) in [6, 6.07) is 6.86. The first-order valence-corrected chi connectivity index (χ1v) is 13.3. The second-order valence-corrected chi connectivity index (χ2v) is 10.6. The third-order valence-electron chi connectivity index (χ3n) is 8.64. The highest BCUT2D eigenvalue weighted by atomic mass is 16.1. The summed E-state index contributed by atoms with van der Waals surface area (Å²) in [5.41, 5.74) is 6.43. The van der Waals surface area contributed by atoms with Crippen molar-refractivity contribution in [1.82, 2.24) is 0 Å². The standard InChI is InChI=1S/C32H35NO/c34-22-24-16-19-32-30(21-24)28-12-7-13-31(28)33(32)27-17-14-23(15-18-27)20-29(25-8-3-1-4-9-25)26-10-5-2-6-11-26/h1,3-5,8,10-11,14,16-19,21-23,25,28-29,31H,2,6-7,9,12-13,15,20H2. The summed E-state index contributed by atoms with van der Waals surface area (Å²) < 4.78 is 0. The average molecular weight is 450 g/mol. The Balaban J connectivity index is 1.21. The van der Waals surface area contributed by atoms with E-state index < -0.39 is 0 Å². The van der Waals surface area contributed by atoms with Crippen molar-refractivity contribution in [3.63, 3.8) is 0 Å². The smallest absolute Gasteiger partial charge is 0.150 e. The molecule has 0 N–H and O–H groups in total. The van der Waals surface area contributed by atoms with Gasteiger partial charge in [-0.05, 0) is 98.1 Å². The summed E-state index contributed by atoms with van der Waals surface area (Å²) in [5.74, 6) is 2.36. The number of allylic oxidation sites excluding steroid dienone is 11. The summed E-state index contributed by atoms with van der Waals surface area (Å²) in [6.07, 6.45) is 34.4. The molecule has 2 heteroatoms. The predicted octanol–water partition coefficient (Wildman–Crippen LogP) is 7.83. The first kappa shape index (κ1) is 21.6. The van der Waals surface area contributed by atoms with Crippen molar-refractivity contribution < 1.29 is 4.79 Å². The van der Waals surface area contributed by atoms with Crippen LogP contribution in [0.15, 0.2) is 90.2 Å². The van der Waals surface area contributed by atoms with Crippen LogP contribution in [-0.2, 0) is 0 Å². The van der Waals surface area contributed by atoms with Gasteiger partial charge in [0.2, 0.25) is 0 Å². The number of fused-ring (bicyclic) bond motifs is 3. The lowest BCUT2D eigenvalue weighted by Gasteiger charge is -2.33. The van der Waals surface area contributed by atoms with Crippen LogP contribution in [-0.4, -0.2) is 12.3 Å². The van der Waals surface area contributed by atoms with Crippen molar-refractivity contribution >= 4 is 12.0 Å². The fourth-order valence-corrected chi connectivity index (χ4v) is 6.98. The van der Waals surface area contributed by atoms with E-state index in [1.165, 1.54) is 55.5 Å². The minimum Gasteiger partial charge on any atom is -0.338 e. The number of carbonyl (C=O) groups excluding carboxylic acids is 1. The van der Waals surface area contributed by atoms with Gasteiger partial charge in [-0.2, -0.15) is 0 Å². The lowest BCUT2D eigenvalue weighted by Crippen LogP contribution is -2.31. The Morgan fingerprint density at radius 1 is 1.00 bits per heavy atom. The molecule has 0 bridgehead atoms. The van der Waals surface area contributed by atoms with Gasteiger partial charge in [-0.15, -0.1) is 0 Å². The zero-order valence-corrected chi connectivity index (χ0v) is 20.0. The largest absolute Gasteiger partial charge is 0.338 e. The van der Waals surface area contributed by atoms with E-state index in [0.717, 1.165) is 24.7 Å². The molecular formula is C32H35NO. The molecule has 6 rings (SSSR count). The molecule has 0 spiro atoms. The van der Waals surface area contributed by atoms with Crippen LogP contribution in [0.25, 0.3) is 0 Å². The molecule has 4 aliphatic carbocycles. The summed E-state index contributed by atoms with van der Waals surface area (Å²) in [7, 11) is 0. The molecule has 1 saturated carbocycles. The van der Waals surface area contributed by atoms with Crippen LogP contribution in [0, 0.1) is 17.8 Å². The highest BCUT2D eigenvalue weighted by Gasteiger charge is 2.42. The maximum atomic E-state index is 11.4. The summed E-state index contributed by atoms with van der Waals surface area (Å²) in [4.78, 5) is 14.0. The van der Waals surface area contributed by atoms with Gasteiger partial charge < -0.3 is 4.90 Å². The van der Waals surface area contributed by atoms with Gasteiger partial charge >= 0.3 is 0 Å². The number of hydrogen-bond donors (Lipinski definition) is 0. The molecule has 174 valence electrons. The molecule has 2 nitrogen and oxygen atoms in total. The van der Waals surface area contributed by atoms with Crippen LogP contribution in [0.3, 0.4) is 0 Å². The number of aldehydes is 1. The van der Waals surface area contributed by atoms with Crippen molar-refractivity contribution in [3.05, 3.63) is 101 Å². The van der Waals surface area contributed by atoms with Crippen molar-refractivity contribution in [2.45, 2.75) is 63.3 Å². The Kier molecular flexibility index (Phi) is 5.99. The lowest BCUT2D eigenvalue weighted by molar-refractivity contribution is 0.112. The summed E-state index contributed by atoms with van der Waals surface area (Å²) in [6.45, 7) is 0. The van der Waals surface area contributed by atoms with E-state index in [-0.39, 0.29) is 0 Å². The van der Waals surface area contributed by atoms with Crippen molar-refractivity contribution in [3.8, 4) is 0 Å². The maximum Gasteiger partial charge on any atom is 0.150 e. The van der Waals surface area contributed by atoms with E-state index in [2.05, 4.69) is 77.8 Å². The van der Waals surface area contributed by atoms with E-state index in [9.17, 15) is 4.79 Å². The highest BCUT2D eigenvalue weighted by Crippen LogP contribution is 2.51. The van der Waals surface area contributed by atoms with Gasteiger partial charge in [-0.25, -0.2) is 0 Å². The molecule has 1 heterocycles. The van der Waals surface area contributed by atoms with Gasteiger partial charge in [-0.1, -0.05) is 61.1 Å². The van der Waals surface area contributed by atoms with Crippen LogP contribution in [0.1, 0.15) is 73.2 Å². The Labute approximate surface area is 204 Å². The molecule has 0 radical (unpaired) electrons. The SMILES string of the molecule is O=Cc1ccc2c(c1)C1CCCC1N2C1=CCC(CC(C2=CCCC=C2)C2C=CC=CC2)C=C1. The second-order valence-electron chi connectivity index (χ2n) is 10.6. The van der Waals surface area contributed by atoms with Gasteiger partial charge in [-0.3, -0.25) is 4.79 Å². The number of anilines is 1. The van der Waals surface area contributed by atoms with E-state index in [4.69, 9.17) is 0 Å². The Hall–Kier alpha value is -2.87. The van der Waals surface area contributed by atoms with E-state index >= 15 is 0 Å². The van der Waals surface area contributed by atoms with Gasteiger partial charge in [0.1, 0.15) is 6.29 Å². The molecular weight excluding hydrogens is 414 g/mol. The second kappa shape index (κ2) is 9.41. The maximum absolute atomic E-state index is 11.4. The molecule has 5 unspecified atom stereocenters. The zero-order valence-electron chi connectivity index (χ0n) is 20.0. The number of rotatable bonds is 6. The monoisotopic (exact) mass is 449 g/mol. The topological polar surface area (TPSA) is 20.3 Å². The van der Waals surface area contributed by atoms with Crippen molar-refractivity contribution in [2.24, 2.45) is 17.8 Å². The van der Waals surface area contributed by atoms with Crippen LogP contribution in [0.2, 0.25) is 0 Å². The minimum absolute atomic E-state index is 0.550. The fourth-order valence-electron chi connectivity index (χ4n) is 6.98. The Bertz CT molecular complexity index is 1130. The molecule has 0 amide bonds. The van der Waals surface area contributed by atoms with Crippen LogP contribution in [0.4, 0.5) is 5.69 Å². The molecule has 1 aromatic carbocycles. The fraction of sp³-hybridized carbons (Fsp3) is 0.406. The molecule has 1 fully saturated rings. The average Bonchev–Trinajstić information content (AvgIpc) is 3.49. The molecule has 5 atom stereocenters. The third kappa shape index (κ3) is 3.98. The van der Waals surface area contributed by atoms with E-state index in [1.807, 2.05) is 6.07 Å². The first-order valence-electron chi connectivity index (χ1n) is 13.3. The Morgan fingerprint density at radius 2 is 1.97 bits per heavy atom. The number of nitrogens with zero attached hydrogens (tertiary/aromatic N) is 1. The molecule has 34 heavy (non-hydrogen) atoms. The highest BCUT2D eigenvalue weighted by molar-refractivity contribution is 5.79. The minimum atomic E-state index is 0.550. The molecule has 5 aliphatic rings. The zero-order chi connectivity index (χ0) is 22.9. The van der Waals surface area contributed by atoms with Gasteiger partial charge in [0, 0.05) is 28.9 Å². The van der Waals surface area contributed by atoms with Gasteiger partial charge in [0.15, 0.2) is 0 Å². The van der Waals surface area contributed by atoms with Gasteiger partial charge in [0.25, 0.3) is 0 Å². The predicted molar refractivity (Wildman–Crippen MR) is 141 cm³/mol. The lowest BCUT2D eigenvalue weighted by atomic mass is 9.74. The normalized spacial score (nSPS) is 30.1. The molecule has 0 saturated heterocycles. The molecule has 1 aliphatic heterocycles. The van der Waals surface area contributed by atoms with Crippen LogP contribution >= 0.6 is 0 Å². The van der Waals surface area contributed by atoms with Crippen molar-refractivity contribution in [1.29, 1.82) is 0 Å². The number of hydrogen-bond acceptors (Lipinski definition) is 2. The first-order chi connectivity index (χ1) is 16.8. The van der Waals surface area contributed by atoms with Crippen LogP contribution in [0.5, 0.6) is 0 Å². The molecule has 0 aromatic heterocycles. The summed E-state index contributed by atoms with van der Waals surface area (Å²) >= 11 is 0. The number of carbonyl (C=O) groups is 1. The quantitative estimate of drug-likeness (QED) is 0.412. The summed E-state index contributed by atoms with van der Waals surface area (Å²) in [5, 5.41) is 0.